The summed E-state index contributed by atoms with van der Waals surface area (Å²) < 4.78 is 13.8. The van der Waals surface area contributed by atoms with Crippen LogP contribution in [0.4, 0.5) is 5.82 Å². The number of hydrogen-bond donors (Lipinski definition) is 2. The normalized spacial score (nSPS) is 13.4. The summed E-state index contributed by atoms with van der Waals surface area (Å²) in [6.07, 6.45) is 5.01. The lowest BCUT2D eigenvalue weighted by atomic mass is 10.1. The maximum absolute atomic E-state index is 6.15. The number of rotatable bonds is 7. The third-order valence-electron chi connectivity index (χ3n) is 5.58. The van der Waals surface area contributed by atoms with E-state index < -0.39 is 0 Å². The number of aromatic nitrogens is 5. The van der Waals surface area contributed by atoms with Crippen LogP contribution in [-0.4, -0.2) is 43.2 Å². The highest BCUT2D eigenvalue weighted by Gasteiger charge is 2.23. The van der Waals surface area contributed by atoms with E-state index in [1.165, 1.54) is 18.1 Å². The van der Waals surface area contributed by atoms with Gasteiger partial charge in [0.1, 0.15) is 17.8 Å². The van der Waals surface area contributed by atoms with Crippen molar-refractivity contribution in [3.05, 3.63) is 36.0 Å². The fourth-order valence-corrected chi connectivity index (χ4v) is 4.99. The fraction of sp³-hybridized carbons (Fsp3) is 0.417. The molecule has 4 heterocycles. The summed E-state index contributed by atoms with van der Waals surface area (Å²) in [6.45, 7) is 10.7. The summed E-state index contributed by atoms with van der Waals surface area (Å²) in [5.74, 6) is 2.63. The van der Waals surface area contributed by atoms with Crippen LogP contribution in [0.25, 0.3) is 22.6 Å². The molecule has 0 spiro atoms. The lowest BCUT2D eigenvalue weighted by molar-refractivity contribution is 0.356. The molecule has 0 unspecified atom stereocenters. The molecular formula is C24H29N7O2S. The lowest BCUT2D eigenvalue weighted by Crippen LogP contribution is -2.36. The molecule has 178 valence electrons. The minimum atomic E-state index is 0.0642. The summed E-state index contributed by atoms with van der Waals surface area (Å²) in [5.41, 5.74) is 9.64. The van der Waals surface area contributed by atoms with Crippen LogP contribution in [0.5, 0.6) is 5.75 Å². The molecule has 0 bridgehead atoms. The molecule has 3 N–H and O–H groups in total. The summed E-state index contributed by atoms with van der Waals surface area (Å²) in [7, 11) is 0. The number of ether oxygens (including phenoxy) is 1. The van der Waals surface area contributed by atoms with Crippen molar-refractivity contribution < 1.29 is 9.15 Å². The first kappa shape index (κ1) is 22.7. The Balaban J connectivity index is 1.53. The van der Waals surface area contributed by atoms with Gasteiger partial charge in [-0.05, 0) is 58.4 Å². The molecule has 0 saturated carbocycles. The van der Waals surface area contributed by atoms with Crippen molar-refractivity contribution in [3.8, 4) is 17.2 Å². The second-order valence-corrected chi connectivity index (χ2v) is 10.4. The number of benzene rings is 1. The zero-order chi connectivity index (χ0) is 23.9. The molecule has 5 rings (SSSR count). The van der Waals surface area contributed by atoms with Gasteiger partial charge in [0.15, 0.2) is 22.1 Å². The van der Waals surface area contributed by atoms with Crippen LogP contribution in [0.2, 0.25) is 0 Å². The summed E-state index contributed by atoms with van der Waals surface area (Å²) in [5, 5.41) is 4.33. The third kappa shape index (κ3) is 4.60. The number of nitrogens with zero attached hydrogens (tertiary/aromatic N) is 5. The molecule has 34 heavy (non-hydrogen) atoms. The smallest absolute Gasteiger partial charge is 0.227 e. The van der Waals surface area contributed by atoms with Gasteiger partial charge in [0, 0.05) is 23.4 Å². The largest absolute Gasteiger partial charge is 0.493 e. The number of nitrogen functional groups attached to an aromatic ring is 1. The molecule has 0 saturated heterocycles. The predicted molar refractivity (Wildman–Crippen MR) is 132 cm³/mol. The van der Waals surface area contributed by atoms with E-state index in [-0.39, 0.29) is 5.54 Å². The Morgan fingerprint density at radius 2 is 2.06 bits per heavy atom. The number of oxazole rings is 1. The Hall–Kier alpha value is -3.11. The molecule has 9 nitrogen and oxygen atoms in total. The Kier molecular flexibility index (Phi) is 5.95. The Bertz CT molecular complexity index is 1340. The monoisotopic (exact) mass is 479 g/mol. The average Bonchev–Trinajstić information content (AvgIpc) is 3.49. The van der Waals surface area contributed by atoms with Gasteiger partial charge in [-0.25, -0.2) is 19.9 Å². The SMILES string of the molecule is Cc1cnc(-c2cc3c(cc2Sc2nc4c(N)ncnc4n2CCCNC(C)(C)C)OCC3)o1. The summed E-state index contributed by atoms with van der Waals surface area (Å²) >= 11 is 1.54. The molecular weight excluding hydrogens is 450 g/mol. The van der Waals surface area contributed by atoms with Gasteiger partial charge in [-0.15, -0.1) is 0 Å². The molecule has 1 aliphatic rings. The molecule has 0 atom stereocenters. The molecule has 0 aliphatic carbocycles. The van der Waals surface area contributed by atoms with E-state index in [0.29, 0.717) is 23.8 Å². The van der Waals surface area contributed by atoms with Crippen molar-refractivity contribution in [2.45, 2.75) is 62.7 Å². The summed E-state index contributed by atoms with van der Waals surface area (Å²) in [6, 6.07) is 4.17. The van der Waals surface area contributed by atoms with Crippen molar-refractivity contribution in [3.63, 3.8) is 0 Å². The van der Waals surface area contributed by atoms with E-state index in [1.807, 2.05) is 6.92 Å². The number of nitrogens with two attached hydrogens (primary N) is 1. The van der Waals surface area contributed by atoms with Crippen LogP contribution in [0.15, 0.2) is 39.1 Å². The van der Waals surface area contributed by atoms with Gasteiger partial charge < -0.3 is 24.8 Å². The maximum Gasteiger partial charge on any atom is 0.227 e. The topological polar surface area (TPSA) is 117 Å². The highest BCUT2D eigenvalue weighted by atomic mass is 32.2. The highest BCUT2D eigenvalue weighted by Crippen LogP contribution is 2.42. The van der Waals surface area contributed by atoms with E-state index in [1.54, 1.807) is 6.20 Å². The van der Waals surface area contributed by atoms with Crippen molar-refractivity contribution in [2.24, 2.45) is 0 Å². The quantitative estimate of drug-likeness (QED) is 0.375. The first-order chi connectivity index (χ1) is 16.3. The number of nitrogens with one attached hydrogen (secondary N) is 1. The lowest BCUT2D eigenvalue weighted by Gasteiger charge is -2.20. The van der Waals surface area contributed by atoms with Crippen LogP contribution in [-0.2, 0) is 13.0 Å². The predicted octanol–water partition coefficient (Wildman–Crippen LogP) is 4.24. The Labute approximate surface area is 202 Å². The zero-order valence-corrected chi connectivity index (χ0v) is 20.7. The maximum atomic E-state index is 6.15. The molecule has 3 aromatic heterocycles. The number of fused-ring (bicyclic) bond motifs is 2. The van der Waals surface area contributed by atoms with Crippen LogP contribution < -0.4 is 15.8 Å². The van der Waals surface area contributed by atoms with Crippen LogP contribution in [0.3, 0.4) is 0 Å². The van der Waals surface area contributed by atoms with Crippen LogP contribution >= 0.6 is 11.8 Å². The standard InChI is InChI=1S/C24H29N7O2S/c1-14-12-26-22(33-14)16-10-15-6-9-32-17(15)11-18(16)34-23-30-19-20(25)27-13-28-21(19)31(23)8-5-7-29-24(2,3)4/h10-13,29H,5-9H2,1-4H3,(H2,25,27,28). The van der Waals surface area contributed by atoms with Crippen molar-refractivity contribution >= 4 is 28.7 Å². The average molecular weight is 480 g/mol. The first-order valence-electron chi connectivity index (χ1n) is 11.4. The van der Waals surface area contributed by atoms with E-state index in [4.69, 9.17) is 19.9 Å². The van der Waals surface area contributed by atoms with Gasteiger partial charge >= 0.3 is 0 Å². The minimum absolute atomic E-state index is 0.0642. The molecule has 4 aromatic rings. The van der Waals surface area contributed by atoms with E-state index in [9.17, 15) is 0 Å². The van der Waals surface area contributed by atoms with Gasteiger partial charge in [-0.2, -0.15) is 0 Å². The van der Waals surface area contributed by atoms with Crippen molar-refractivity contribution in [1.29, 1.82) is 0 Å². The molecule has 1 aromatic carbocycles. The molecule has 0 radical (unpaired) electrons. The van der Waals surface area contributed by atoms with Crippen molar-refractivity contribution in [2.75, 3.05) is 18.9 Å². The number of anilines is 1. The van der Waals surface area contributed by atoms with Crippen LogP contribution in [0.1, 0.15) is 38.5 Å². The Morgan fingerprint density at radius 3 is 2.82 bits per heavy atom. The minimum Gasteiger partial charge on any atom is -0.493 e. The van der Waals surface area contributed by atoms with Gasteiger partial charge in [0.2, 0.25) is 5.89 Å². The second-order valence-electron chi connectivity index (χ2n) is 9.44. The number of aryl methyl sites for hydroxylation is 2. The van der Waals surface area contributed by atoms with Crippen LogP contribution in [0, 0.1) is 6.92 Å². The third-order valence-corrected chi connectivity index (χ3v) is 6.64. The van der Waals surface area contributed by atoms with Gasteiger partial charge in [0.25, 0.3) is 0 Å². The van der Waals surface area contributed by atoms with E-state index in [2.05, 4.69) is 57.7 Å². The fourth-order valence-electron chi connectivity index (χ4n) is 3.95. The van der Waals surface area contributed by atoms with Gasteiger partial charge in [-0.1, -0.05) is 11.8 Å². The Morgan fingerprint density at radius 1 is 1.21 bits per heavy atom. The van der Waals surface area contributed by atoms with Gasteiger partial charge in [-0.3, -0.25) is 0 Å². The molecule has 0 amide bonds. The van der Waals surface area contributed by atoms with Crippen molar-refractivity contribution in [1.82, 2.24) is 29.8 Å². The van der Waals surface area contributed by atoms with Gasteiger partial charge in [0.05, 0.1) is 18.4 Å². The first-order valence-corrected chi connectivity index (χ1v) is 12.2. The number of hydrogen-bond acceptors (Lipinski definition) is 9. The summed E-state index contributed by atoms with van der Waals surface area (Å²) in [4.78, 5) is 18.9. The molecule has 10 heteroatoms. The highest BCUT2D eigenvalue weighted by molar-refractivity contribution is 7.99. The zero-order valence-electron chi connectivity index (χ0n) is 19.9. The second kappa shape index (κ2) is 8.92. The van der Waals surface area contributed by atoms with E-state index >= 15 is 0 Å². The molecule has 0 fully saturated rings. The van der Waals surface area contributed by atoms with E-state index in [0.717, 1.165) is 64.3 Å². The number of imidazole rings is 1. The molecule has 1 aliphatic heterocycles.